The number of carboxylic acids is 1. The van der Waals surface area contributed by atoms with Gasteiger partial charge in [0.2, 0.25) is 0 Å². The van der Waals surface area contributed by atoms with Crippen molar-refractivity contribution < 1.29 is 24.2 Å². The van der Waals surface area contributed by atoms with Crippen LogP contribution in [0.1, 0.15) is 46.5 Å². The van der Waals surface area contributed by atoms with Crippen molar-refractivity contribution in [2.45, 2.75) is 52.1 Å². The van der Waals surface area contributed by atoms with Crippen molar-refractivity contribution in [2.75, 3.05) is 19.6 Å². The Morgan fingerprint density at radius 2 is 1.92 bits per heavy atom. The second kappa shape index (κ2) is 11.9. The first kappa shape index (κ1) is 23.4. The summed E-state index contributed by atoms with van der Waals surface area (Å²) in [7, 11) is 0. The van der Waals surface area contributed by atoms with Gasteiger partial charge in [-0.2, -0.15) is 5.26 Å². The quantitative estimate of drug-likeness (QED) is 0.300. The van der Waals surface area contributed by atoms with E-state index in [0.29, 0.717) is 25.8 Å². The van der Waals surface area contributed by atoms with Crippen molar-refractivity contribution in [1.82, 2.24) is 10.2 Å². The summed E-state index contributed by atoms with van der Waals surface area (Å²) >= 11 is 0. The standard InChI is InChI=1S/C17H28N4O5/c1-17(2,3)26-16(25)21(10-8-18)12-13(11-19)15(24)20-9-6-4-5-7-14(22)23/h12H,4-10,18H2,1-3H3,(H,20,24)(H,22,23)/b13-12-. The van der Waals surface area contributed by atoms with Gasteiger partial charge in [0.05, 0.1) is 0 Å². The molecule has 0 aromatic heterocycles. The molecular formula is C17H28N4O5. The van der Waals surface area contributed by atoms with Crippen LogP contribution in [0.25, 0.3) is 0 Å². The van der Waals surface area contributed by atoms with Gasteiger partial charge < -0.3 is 20.9 Å². The van der Waals surface area contributed by atoms with Crippen LogP contribution in [0.15, 0.2) is 11.8 Å². The molecule has 0 rings (SSSR count). The molecule has 0 radical (unpaired) electrons. The van der Waals surface area contributed by atoms with Crippen molar-refractivity contribution in [2.24, 2.45) is 5.73 Å². The van der Waals surface area contributed by atoms with E-state index in [0.717, 1.165) is 11.1 Å². The first-order valence-electron chi connectivity index (χ1n) is 8.42. The molecule has 0 saturated carbocycles. The van der Waals surface area contributed by atoms with Gasteiger partial charge in [-0.3, -0.25) is 14.5 Å². The van der Waals surface area contributed by atoms with Gasteiger partial charge >= 0.3 is 12.1 Å². The predicted molar refractivity (Wildman–Crippen MR) is 94.8 cm³/mol. The number of nitriles is 1. The van der Waals surface area contributed by atoms with Crippen molar-refractivity contribution in [1.29, 1.82) is 5.26 Å². The van der Waals surface area contributed by atoms with E-state index in [1.54, 1.807) is 26.8 Å². The Hall–Kier alpha value is -2.60. The summed E-state index contributed by atoms with van der Waals surface area (Å²) in [4.78, 5) is 35.7. The Morgan fingerprint density at radius 1 is 1.27 bits per heavy atom. The summed E-state index contributed by atoms with van der Waals surface area (Å²) in [5.41, 5.74) is 4.51. The summed E-state index contributed by atoms with van der Waals surface area (Å²) in [5.74, 6) is -1.47. The number of carbonyl (C=O) groups excluding carboxylic acids is 2. The van der Waals surface area contributed by atoms with Gasteiger partial charge in [-0.05, 0) is 33.6 Å². The van der Waals surface area contributed by atoms with Crippen molar-refractivity contribution in [3.05, 3.63) is 11.8 Å². The Kier molecular flexibility index (Phi) is 10.7. The van der Waals surface area contributed by atoms with Gasteiger partial charge in [0.15, 0.2) is 0 Å². The third-order valence-electron chi connectivity index (χ3n) is 3.00. The average molecular weight is 368 g/mol. The molecule has 0 aliphatic rings. The predicted octanol–water partition coefficient (Wildman–Crippen LogP) is 1.35. The third kappa shape index (κ3) is 11.0. The largest absolute Gasteiger partial charge is 0.481 e. The number of ether oxygens (including phenoxy) is 1. The van der Waals surface area contributed by atoms with Crippen LogP contribution in [0.3, 0.4) is 0 Å². The molecule has 0 heterocycles. The number of amides is 2. The fourth-order valence-corrected chi connectivity index (χ4v) is 1.84. The molecule has 0 atom stereocenters. The van der Waals surface area contributed by atoms with Gasteiger partial charge in [-0.25, -0.2) is 4.79 Å². The number of unbranched alkanes of at least 4 members (excludes halogenated alkanes) is 2. The number of aliphatic carboxylic acids is 1. The third-order valence-corrected chi connectivity index (χ3v) is 3.00. The lowest BCUT2D eigenvalue weighted by Gasteiger charge is -2.25. The zero-order chi connectivity index (χ0) is 20.2. The maximum atomic E-state index is 12.1. The zero-order valence-electron chi connectivity index (χ0n) is 15.6. The molecule has 0 spiro atoms. The van der Waals surface area contributed by atoms with Gasteiger partial charge in [0, 0.05) is 32.3 Å². The first-order chi connectivity index (χ1) is 12.1. The van der Waals surface area contributed by atoms with Crippen LogP contribution in [-0.4, -0.2) is 53.2 Å². The van der Waals surface area contributed by atoms with Gasteiger partial charge in [-0.1, -0.05) is 6.42 Å². The molecule has 0 aliphatic carbocycles. The molecule has 0 fully saturated rings. The number of rotatable bonds is 10. The molecule has 26 heavy (non-hydrogen) atoms. The topological polar surface area (TPSA) is 146 Å². The molecule has 0 aromatic carbocycles. The van der Waals surface area contributed by atoms with Gasteiger partial charge in [0.1, 0.15) is 17.2 Å². The van der Waals surface area contributed by atoms with E-state index >= 15 is 0 Å². The highest BCUT2D eigenvalue weighted by molar-refractivity contribution is 5.97. The van der Waals surface area contributed by atoms with Crippen molar-refractivity contribution in [3.8, 4) is 6.07 Å². The fraction of sp³-hybridized carbons (Fsp3) is 0.647. The fourth-order valence-electron chi connectivity index (χ4n) is 1.84. The van der Waals surface area contributed by atoms with Crippen LogP contribution >= 0.6 is 0 Å². The molecular weight excluding hydrogens is 340 g/mol. The average Bonchev–Trinajstić information content (AvgIpc) is 2.52. The van der Waals surface area contributed by atoms with Crippen LogP contribution < -0.4 is 11.1 Å². The number of carbonyl (C=O) groups is 3. The zero-order valence-corrected chi connectivity index (χ0v) is 15.6. The van der Waals surface area contributed by atoms with E-state index in [-0.39, 0.29) is 25.1 Å². The summed E-state index contributed by atoms with van der Waals surface area (Å²) in [6, 6.07) is 1.76. The Bertz CT molecular complexity index is 560. The lowest BCUT2D eigenvalue weighted by atomic mass is 10.2. The summed E-state index contributed by atoms with van der Waals surface area (Å²) in [6.45, 7) is 5.66. The second-order valence-electron chi connectivity index (χ2n) is 6.58. The van der Waals surface area contributed by atoms with E-state index in [2.05, 4.69) is 5.32 Å². The second-order valence-corrected chi connectivity index (χ2v) is 6.58. The molecule has 2 amide bonds. The highest BCUT2D eigenvalue weighted by Crippen LogP contribution is 2.11. The highest BCUT2D eigenvalue weighted by Gasteiger charge is 2.22. The lowest BCUT2D eigenvalue weighted by Crippen LogP contribution is -2.37. The number of hydrogen-bond acceptors (Lipinski definition) is 6. The normalized spacial score (nSPS) is 11.4. The van der Waals surface area contributed by atoms with E-state index in [9.17, 15) is 19.6 Å². The maximum Gasteiger partial charge on any atom is 0.414 e. The van der Waals surface area contributed by atoms with E-state index in [4.69, 9.17) is 15.6 Å². The SMILES string of the molecule is CC(C)(C)OC(=O)N(/C=C(/C#N)C(=O)NCCCCCC(=O)O)CCN. The molecule has 0 aliphatic heterocycles. The Labute approximate surface area is 153 Å². The smallest absolute Gasteiger partial charge is 0.414 e. The first-order valence-corrected chi connectivity index (χ1v) is 8.42. The van der Waals surface area contributed by atoms with Gasteiger partial charge in [0.25, 0.3) is 5.91 Å². The minimum Gasteiger partial charge on any atom is -0.481 e. The molecule has 9 nitrogen and oxygen atoms in total. The van der Waals surface area contributed by atoms with Crippen LogP contribution in [0.2, 0.25) is 0 Å². The maximum absolute atomic E-state index is 12.1. The van der Waals surface area contributed by atoms with Crippen LogP contribution in [-0.2, 0) is 14.3 Å². The molecule has 0 unspecified atom stereocenters. The Morgan fingerprint density at radius 3 is 2.42 bits per heavy atom. The molecule has 4 N–H and O–H groups in total. The number of nitrogens with zero attached hydrogens (tertiary/aromatic N) is 2. The molecule has 0 saturated heterocycles. The molecule has 0 aromatic rings. The summed E-state index contributed by atoms with van der Waals surface area (Å²) in [5, 5.41) is 20.3. The highest BCUT2D eigenvalue weighted by atomic mass is 16.6. The molecule has 146 valence electrons. The van der Waals surface area contributed by atoms with Gasteiger partial charge in [-0.15, -0.1) is 0 Å². The number of nitrogens with two attached hydrogens (primary N) is 1. The Balaban J connectivity index is 4.71. The van der Waals surface area contributed by atoms with Crippen molar-refractivity contribution >= 4 is 18.0 Å². The van der Waals surface area contributed by atoms with Crippen LogP contribution in [0, 0.1) is 11.3 Å². The van der Waals surface area contributed by atoms with E-state index in [1.165, 1.54) is 0 Å². The van der Waals surface area contributed by atoms with E-state index in [1.807, 2.05) is 0 Å². The monoisotopic (exact) mass is 368 g/mol. The van der Waals surface area contributed by atoms with Crippen LogP contribution in [0.4, 0.5) is 4.79 Å². The summed E-state index contributed by atoms with van der Waals surface area (Å²) < 4.78 is 5.22. The number of carboxylic acid groups (broad SMARTS) is 1. The molecule has 9 heteroatoms. The molecule has 0 bridgehead atoms. The lowest BCUT2D eigenvalue weighted by molar-refractivity contribution is -0.137. The van der Waals surface area contributed by atoms with Crippen LogP contribution in [0.5, 0.6) is 0 Å². The van der Waals surface area contributed by atoms with E-state index < -0.39 is 23.6 Å². The van der Waals surface area contributed by atoms with Crippen molar-refractivity contribution in [3.63, 3.8) is 0 Å². The number of hydrogen-bond donors (Lipinski definition) is 3. The summed E-state index contributed by atoms with van der Waals surface area (Å²) in [6.07, 6.45) is 2.28. The minimum atomic E-state index is -0.856. The minimum absolute atomic E-state index is 0.0846. The number of nitrogens with one attached hydrogen (secondary N) is 1.